The number of rotatable bonds is 9. The predicted molar refractivity (Wildman–Crippen MR) is 129 cm³/mol. The Morgan fingerprint density at radius 2 is 1.66 bits per heavy atom. The Morgan fingerprint density at radius 3 is 2.38 bits per heavy atom. The summed E-state index contributed by atoms with van der Waals surface area (Å²) in [7, 11) is 0. The summed E-state index contributed by atoms with van der Waals surface area (Å²) in [6.07, 6.45) is 4.69. The normalized spacial score (nSPS) is 16.1. The van der Waals surface area contributed by atoms with Crippen LogP contribution < -0.4 is 10.1 Å². The molecular weight excluding hydrogens is 398 g/mol. The third-order valence-electron chi connectivity index (χ3n) is 6.45. The van der Waals surface area contributed by atoms with E-state index in [1.807, 2.05) is 19.1 Å². The van der Waals surface area contributed by atoms with Gasteiger partial charge in [-0.3, -0.25) is 0 Å². The number of phenolic OH excluding ortho intramolecular Hbond substituents is 1. The lowest BCUT2D eigenvalue weighted by Gasteiger charge is -2.21. The molecular formula is C28H33NO3. The molecule has 4 nitrogen and oxygen atoms in total. The number of aliphatic hydroxyl groups excluding tert-OH is 1. The number of ether oxygens (including phenoxy) is 1. The van der Waals surface area contributed by atoms with E-state index in [2.05, 4.69) is 41.7 Å². The summed E-state index contributed by atoms with van der Waals surface area (Å²) in [6.45, 7) is 3.08. The predicted octanol–water partition coefficient (Wildman–Crippen LogP) is 5.81. The van der Waals surface area contributed by atoms with Gasteiger partial charge in [0.05, 0.1) is 6.10 Å². The molecule has 168 valence electrons. The fourth-order valence-electron chi connectivity index (χ4n) is 4.50. The van der Waals surface area contributed by atoms with Crippen molar-refractivity contribution in [3.8, 4) is 22.6 Å². The van der Waals surface area contributed by atoms with Crippen LogP contribution >= 0.6 is 0 Å². The topological polar surface area (TPSA) is 61.7 Å². The summed E-state index contributed by atoms with van der Waals surface area (Å²) in [6, 6.07) is 23.8. The first-order valence-corrected chi connectivity index (χ1v) is 11.6. The number of hydrogen-bond acceptors (Lipinski definition) is 4. The van der Waals surface area contributed by atoms with Crippen molar-refractivity contribution in [2.75, 3.05) is 13.2 Å². The van der Waals surface area contributed by atoms with Gasteiger partial charge in [-0.05, 0) is 72.2 Å². The zero-order valence-corrected chi connectivity index (χ0v) is 18.7. The van der Waals surface area contributed by atoms with Gasteiger partial charge in [-0.1, -0.05) is 61.4 Å². The van der Waals surface area contributed by atoms with Gasteiger partial charge in [0.15, 0.2) is 0 Å². The molecule has 0 saturated heterocycles. The minimum absolute atomic E-state index is 0.127. The van der Waals surface area contributed by atoms with Gasteiger partial charge in [-0.15, -0.1) is 0 Å². The van der Waals surface area contributed by atoms with E-state index in [-0.39, 0.29) is 11.8 Å². The highest BCUT2D eigenvalue weighted by atomic mass is 16.5. The number of aliphatic hydroxyl groups is 1. The molecule has 4 rings (SSSR count). The Hall–Kier alpha value is -2.82. The molecule has 0 spiro atoms. The standard InChI is InChI=1S/C28H33NO3/c1-20(28(31)23-9-13-26(30)14-10-23)29-17-18-32-27-15-11-22(12-16-27)25-8-4-7-24(19-25)21-5-2-3-6-21/h4,7-16,19-21,28-31H,2-3,5-6,17-18H2,1H3/t20-,28-/m1/s1. The molecule has 0 bridgehead atoms. The van der Waals surface area contributed by atoms with E-state index in [4.69, 9.17) is 4.74 Å². The van der Waals surface area contributed by atoms with Crippen molar-refractivity contribution in [3.05, 3.63) is 83.9 Å². The summed E-state index contributed by atoms with van der Waals surface area (Å²) in [5, 5.41) is 23.1. The quantitative estimate of drug-likeness (QED) is 0.374. The van der Waals surface area contributed by atoms with Crippen LogP contribution in [0, 0.1) is 0 Å². The lowest BCUT2D eigenvalue weighted by atomic mass is 9.94. The van der Waals surface area contributed by atoms with E-state index in [9.17, 15) is 10.2 Å². The van der Waals surface area contributed by atoms with Gasteiger partial charge in [-0.25, -0.2) is 0 Å². The Bertz CT molecular complexity index is 978. The summed E-state index contributed by atoms with van der Waals surface area (Å²) in [5.41, 5.74) is 4.71. The van der Waals surface area contributed by atoms with Crippen molar-refractivity contribution in [3.63, 3.8) is 0 Å². The third kappa shape index (κ3) is 5.70. The van der Waals surface area contributed by atoms with Gasteiger partial charge in [0, 0.05) is 12.6 Å². The maximum atomic E-state index is 10.4. The highest BCUT2D eigenvalue weighted by Gasteiger charge is 2.17. The van der Waals surface area contributed by atoms with Crippen LogP contribution in [0.4, 0.5) is 0 Å². The zero-order valence-electron chi connectivity index (χ0n) is 18.7. The average Bonchev–Trinajstić information content (AvgIpc) is 3.37. The Labute approximate surface area is 190 Å². The van der Waals surface area contributed by atoms with Crippen LogP contribution in [-0.2, 0) is 0 Å². The van der Waals surface area contributed by atoms with E-state index in [0.29, 0.717) is 13.2 Å². The second-order valence-corrected chi connectivity index (χ2v) is 8.76. The van der Waals surface area contributed by atoms with Crippen LogP contribution in [0.15, 0.2) is 72.8 Å². The van der Waals surface area contributed by atoms with Crippen molar-refractivity contribution >= 4 is 0 Å². The van der Waals surface area contributed by atoms with Crippen molar-refractivity contribution < 1.29 is 14.9 Å². The van der Waals surface area contributed by atoms with Crippen molar-refractivity contribution in [1.29, 1.82) is 0 Å². The monoisotopic (exact) mass is 431 g/mol. The van der Waals surface area contributed by atoms with Gasteiger partial charge in [0.2, 0.25) is 0 Å². The Balaban J connectivity index is 1.25. The second kappa shape index (κ2) is 10.7. The highest BCUT2D eigenvalue weighted by molar-refractivity contribution is 5.65. The molecule has 2 atom stereocenters. The lowest BCUT2D eigenvalue weighted by Crippen LogP contribution is -2.35. The molecule has 1 saturated carbocycles. The summed E-state index contributed by atoms with van der Waals surface area (Å²) < 4.78 is 5.88. The Morgan fingerprint density at radius 1 is 0.938 bits per heavy atom. The van der Waals surface area contributed by atoms with Gasteiger partial charge in [0.25, 0.3) is 0 Å². The third-order valence-corrected chi connectivity index (χ3v) is 6.45. The highest BCUT2D eigenvalue weighted by Crippen LogP contribution is 2.35. The summed E-state index contributed by atoms with van der Waals surface area (Å²) in [4.78, 5) is 0. The largest absolute Gasteiger partial charge is 0.508 e. The minimum atomic E-state index is -0.644. The molecule has 0 unspecified atom stereocenters. The van der Waals surface area contributed by atoms with E-state index in [1.165, 1.54) is 42.4 Å². The van der Waals surface area contributed by atoms with Crippen LogP contribution in [-0.4, -0.2) is 29.4 Å². The molecule has 0 aliphatic heterocycles. The number of hydrogen-bond donors (Lipinski definition) is 3. The molecule has 1 fully saturated rings. The fourth-order valence-corrected chi connectivity index (χ4v) is 4.50. The van der Waals surface area contributed by atoms with Crippen molar-refractivity contribution in [2.24, 2.45) is 0 Å². The summed E-state index contributed by atoms with van der Waals surface area (Å²) >= 11 is 0. The second-order valence-electron chi connectivity index (χ2n) is 8.76. The van der Waals surface area contributed by atoms with Crippen LogP contribution in [0.5, 0.6) is 11.5 Å². The van der Waals surface area contributed by atoms with Gasteiger partial charge >= 0.3 is 0 Å². The molecule has 3 N–H and O–H groups in total. The number of aromatic hydroxyl groups is 1. The first kappa shape index (κ1) is 22.4. The van der Waals surface area contributed by atoms with Crippen LogP contribution in [0.3, 0.4) is 0 Å². The molecule has 0 amide bonds. The minimum Gasteiger partial charge on any atom is -0.508 e. The number of benzene rings is 3. The molecule has 0 aromatic heterocycles. The van der Waals surface area contributed by atoms with Gasteiger partial charge in [0.1, 0.15) is 18.1 Å². The lowest BCUT2D eigenvalue weighted by molar-refractivity contribution is 0.133. The summed E-state index contributed by atoms with van der Waals surface area (Å²) in [5.74, 6) is 1.76. The molecule has 4 heteroatoms. The number of nitrogens with one attached hydrogen (secondary N) is 1. The molecule has 3 aromatic rings. The molecule has 0 radical (unpaired) electrons. The SMILES string of the molecule is C[C@@H](NCCOc1ccc(-c2cccc(C3CCCC3)c2)cc1)[C@@H](O)c1ccc(O)cc1. The van der Waals surface area contributed by atoms with Crippen molar-refractivity contribution in [1.82, 2.24) is 5.32 Å². The first-order valence-electron chi connectivity index (χ1n) is 11.6. The maximum absolute atomic E-state index is 10.4. The average molecular weight is 432 g/mol. The van der Waals surface area contributed by atoms with E-state index in [1.54, 1.807) is 24.3 Å². The van der Waals surface area contributed by atoms with E-state index < -0.39 is 6.10 Å². The number of phenols is 1. The van der Waals surface area contributed by atoms with Crippen LogP contribution in [0.2, 0.25) is 0 Å². The molecule has 1 aliphatic carbocycles. The van der Waals surface area contributed by atoms with Crippen molar-refractivity contribution in [2.45, 2.75) is 50.7 Å². The smallest absolute Gasteiger partial charge is 0.119 e. The van der Waals surface area contributed by atoms with Gasteiger partial charge < -0.3 is 20.3 Å². The molecule has 3 aromatic carbocycles. The van der Waals surface area contributed by atoms with Crippen LogP contribution in [0.25, 0.3) is 11.1 Å². The maximum Gasteiger partial charge on any atom is 0.119 e. The van der Waals surface area contributed by atoms with Crippen LogP contribution in [0.1, 0.15) is 55.8 Å². The molecule has 0 heterocycles. The molecule has 1 aliphatic rings. The molecule has 32 heavy (non-hydrogen) atoms. The zero-order chi connectivity index (χ0) is 22.3. The first-order chi connectivity index (χ1) is 15.6. The fraction of sp³-hybridized carbons (Fsp3) is 0.357. The Kier molecular flexibility index (Phi) is 7.46. The van der Waals surface area contributed by atoms with E-state index in [0.717, 1.165) is 17.2 Å². The van der Waals surface area contributed by atoms with E-state index >= 15 is 0 Å². The van der Waals surface area contributed by atoms with Gasteiger partial charge in [-0.2, -0.15) is 0 Å².